The molecule has 26 heavy (non-hydrogen) atoms. The van der Waals surface area contributed by atoms with Crippen LogP contribution in [0.1, 0.15) is 16.7 Å². The molecule has 0 aliphatic rings. The summed E-state index contributed by atoms with van der Waals surface area (Å²) in [5.41, 5.74) is 3.27. The summed E-state index contributed by atoms with van der Waals surface area (Å²) in [5, 5.41) is 2.82. The molecule has 0 aliphatic heterocycles. The van der Waals surface area contributed by atoms with Crippen molar-refractivity contribution in [2.45, 2.75) is 13.8 Å². The lowest BCUT2D eigenvalue weighted by Crippen LogP contribution is -2.34. The number of rotatable bonds is 5. The van der Waals surface area contributed by atoms with Gasteiger partial charge in [0.2, 0.25) is 11.8 Å². The maximum Gasteiger partial charge on any atom is 0.246 e. The van der Waals surface area contributed by atoms with Crippen molar-refractivity contribution in [3.05, 3.63) is 70.0 Å². The van der Waals surface area contributed by atoms with Gasteiger partial charge < -0.3 is 10.2 Å². The van der Waals surface area contributed by atoms with Gasteiger partial charge in [-0.1, -0.05) is 35.9 Å². The standard InChI is InChI=1S/C20H20ClFN2O2/c1-13-5-4-6-14(2)20(13)23-18(25)12-24(3)19(26)10-8-15-7-9-17(22)16(21)11-15/h4-11H,12H2,1-3H3,(H,23,25). The second-order valence-electron chi connectivity index (χ2n) is 6.02. The Labute approximate surface area is 157 Å². The van der Waals surface area contributed by atoms with E-state index in [2.05, 4.69) is 5.32 Å². The van der Waals surface area contributed by atoms with Gasteiger partial charge in [0.25, 0.3) is 0 Å². The number of aryl methyl sites for hydroxylation is 2. The molecule has 4 nitrogen and oxygen atoms in total. The molecule has 2 amide bonds. The van der Waals surface area contributed by atoms with Gasteiger partial charge in [-0.25, -0.2) is 4.39 Å². The van der Waals surface area contributed by atoms with Crippen molar-refractivity contribution < 1.29 is 14.0 Å². The molecule has 0 saturated carbocycles. The Kier molecular flexibility index (Phi) is 6.52. The van der Waals surface area contributed by atoms with Crippen molar-refractivity contribution in [1.29, 1.82) is 0 Å². The lowest BCUT2D eigenvalue weighted by atomic mass is 10.1. The number of hydrogen-bond donors (Lipinski definition) is 1. The summed E-state index contributed by atoms with van der Waals surface area (Å²) in [4.78, 5) is 25.6. The van der Waals surface area contributed by atoms with E-state index in [9.17, 15) is 14.0 Å². The van der Waals surface area contributed by atoms with Gasteiger partial charge in [0.05, 0.1) is 11.6 Å². The number of carbonyl (C=O) groups excluding carboxylic acids is 2. The van der Waals surface area contributed by atoms with Crippen molar-refractivity contribution in [2.75, 3.05) is 18.9 Å². The van der Waals surface area contributed by atoms with Crippen LogP contribution in [-0.2, 0) is 9.59 Å². The molecule has 2 aromatic carbocycles. The van der Waals surface area contributed by atoms with Crippen LogP contribution in [0, 0.1) is 19.7 Å². The van der Waals surface area contributed by atoms with Crippen molar-refractivity contribution in [3.8, 4) is 0 Å². The monoisotopic (exact) mass is 374 g/mol. The van der Waals surface area contributed by atoms with Gasteiger partial charge in [-0.3, -0.25) is 9.59 Å². The topological polar surface area (TPSA) is 49.4 Å². The molecule has 0 spiro atoms. The fraction of sp³-hybridized carbons (Fsp3) is 0.200. The van der Waals surface area contributed by atoms with E-state index in [0.717, 1.165) is 16.8 Å². The molecule has 136 valence electrons. The number of carbonyl (C=O) groups is 2. The van der Waals surface area contributed by atoms with Crippen LogP contribution in [-0.4, -0.2) is 30.3 Å². The van der Waals surface area contributed by atoms with E-state index in [1.165, 1.54) is 42.3 Å². The Morgan fingerprint density at radius 2 is 1.85 bits per heavy atom. The third-order valence-electron chi connectivity index (χ3n) is 3.86. The summed E-state index contributed by atoms with van der Waals surface area (Å²) in [7, 11) is 1.54. The molecule has 1 N–H and O–H groups in total. The Morgan fingerprint density at radius 1 is 1.19 bits per heavy atom. The van der Waals surface area contributed by atoms with Gasteiger partial charge in [-0.2, -0.15) is 0 Å². The fourth-order valence-electron chi connectivity index (χ4n) is 2.39. The summed E-state index contributed by atoms with van der Waals surface area (Å²) in [6.07, 6.45) is 2.84. The van der Waals surface area contributed by atoms with Gasteiger partial charge in [-0.15, -0.1) is 0 Å². The van der Waals surface area contributed by atoms with Crippen LogP contribution in [0.2, 0.25) is 5.02 Å². The van der Waals surface area contributed by atoms with Crippen LogP contribution in [0.15, 0.2) is 42.5 Å². The minimum absolute atomic E-state index is 0.0130. The van der Waals surface area contributed by atoms with Gasteiger partial charge in [-0.05, 0) is 48.7 Å². The molecule has 0 aliphatic carbocycles. The van der Waals surface area contributed by atoms with E-state index >= 15 is 0 Å². The Bertz CT molecular complexity index is 845. The summed E-state index contributed by atoms with van der Waals surface area (Å²) in [5.74, 6) is -1.14. The number of anilines is 1. The highest BCUT2D eigenvalue weighted by Crippen LogP contribution is 2.19. The fourth-order valence-corrected chi connectivity index (χ4v) is 2.58. The molecule has 2 rings (SSSR count). The maximum atomic E-state index is 13.1. The van der Waals surface area contributed by atoms with Gasteiger partial charge in [0, 0.05) is 18.8 Å². The van der Waals surface area contributed by atoms with E-state index < -0.39 is 5.82 Å². The summed E-state index contributed by atoms with van der Waals surface area (Å²) in [6.45, 7) is 3.74. The molecular formula is C20H20ClFN2O2. The molecule has 2 aromatic rings. The number of amides is 2. The Morgan fingerprint density at radius 3 is 2.46 bits per heavy atom. The van der Waals surface area contributed by atoms with Crippen LogP contribution in [0.5, 0.6) is 0 Å². The van der Waals surface area contributed by atoms with Crippen molar-refractivity contribution in [2.24, 2.45) is 0 Å². The molecule has 0 saturated heterocycles. The van der Waals surface area contributed by atoms with Gasteiger partial charge >= 0.3 is 0 Å². The number of benzene rings is 2. The highest BCUT2D eigenvalue weighted by atomic mass is 35.5. The van der Waals surface area contributed by atoms with Gasteiger partial charge in [0.15, 0.2) is 0 Å². The first-order valence-electron chi connectivity index (χ1n) is 8.02. The number of nitrogens with one attached hydrogen (secondary N) is 1. The van der Waals surface area contributed by atoms with Crippen LogP contribution in [0.4, 0.5) is 10.1 Å². The Hall–Kier alpha value is -2.66. The highest BCUT2D eigenvalue weighted by molar-refractivity contribution is 6.30. The zero-order valence-corrected chi connectivity index (χ0v) is 15.6. The average Bonchev–Trinajstić information content (AvgIpc) is 2.59. The van der Waals surface area contributed by atoms with Crippen molar-refractivity contribution >= 4 is 35.2 Å². The predicted molar refractivity (Wildman–Crippen MR) is 103 cm³/mol. The van der Waals surface area contributed by atoms with Gasteiger partial charge in [0.1, 0.15) is 5.82 Å². The SMILES string of the molecule is Cc1cccc(C)c1NC(=O)CN(C)C(=O)C=Cc1ccc(F)c(Cl)c1. The lowest BCUT2D eigenvalue weighted by Gasteiger charge is -2.16. The molecule has 0 aromatic heterocycles. The molecule has 0 heterocycles. The van der Waals surface area contributed by atoms with Crippen molar-refractivity contribution in [3.63, 3.8) is 0 Å². The smallest absolute Gasteiger partial charge is 0.246 e. The molecule has 0 bridgehead atoms. The molecule has 0 atom stereocenters. The first-order chi connectivity index (χ1) is 12.3. The van der Waals surface area contributed by atoms with Crippen LogP contribution >= 0.6 is 11.6 Å². The van der Waals surface area contributed by atoms with E-state index in [0.29, 0.717) is 5.56 Å². The Balaban J connectivity index is 1.96. The minimum Gasteiger partial charge on any atom is -0.333 e. The summed E-state index contributed by atoms with van der Waals surface area (Å²) >= 11 is 5.71. The molecule has 0 unspecified atom stereocenters. The molecule has 0 fully saturated rings. The van der Waals surface area contributed by atoms with Crippen LogP contribution < -0.4 is 5.32 Å². The average molecular weight is 375 g/mol. The zero-order chi connectivity index (χ0) is 19.3. The number of hydrogen-bond acceptors (Lipinski definition) is 2. The summed E-state index contributed by atoms with van der Waals surface area (Å²) < 4.78 is 13.1. The minimum atomic E-state index is -0.518. The third-order valence-corrected chi connectivity index (χ3v) is 4.15. The summed E-state index contributed by atoms with van der Waals surface area (Å²) in [6, 6.07) is 9.91. The first-order valence-corrected chi connectivity index (χ1v) is 8.40. The first kappa shape index (κ1) is 19.7. The quantitative estimate of drug-likeness (QED) is 0.797. The van der Waals surface area contributed by atoms with Crippen LogP contribution in [0.3, 0.4) is 0 Å². The second-order valence-corrected chi connectivity index (χ2v) is 6.42. The van der Waals surface area contributed by atoms with E-state index in [1.807, 2.05) is 32.0 Å². The lowest BCUT2D eigenvalue weighted by molar-refractivity contribution is -0.129. The van der Waals surface area contributed by atoms with E-state index in [-0.39, 0.29) is 23.4 Å². The third kappa shape index (κ3) is 5.17. The predicted octanol–water partition coefficient (Wildman–Crippen LogP) is 4.21. The number of likely N-dealkylation sites (N-methyl/N-ethyl adjacent to an activating group) is 1. The van der Waals surface area contributed by atoms with E-state index in [4.69, 9.17) is 11.6 Å². The van der Waals surface area contributed by atoms with Crippen molar-refractivity contribution in [1.82, 2.24) is 4.90 Å². The van der Waals surface area contributed by atoms with Crippen LogP contribution in [0.25, 0.3) is 6.08 Å². The number of para-hydroxylation sites is 1. The number of halogens is 2. The molecule has 0 radical (unpaired) electrons. The zero-order valence-electron chi connectivity index (χ0n) is 14.8. The molecular weight excluding hydrogens is 355 g/mol. The highest BCUT2D eigenvalue weighted by Gasteiger charge is 2.12. The largest absolute Gasteiger partial charge is 0.333 e. The van der Waals surface area contributed by atoms with E-state index in [1.54, 1.807) is 0 Å². The second kappa shape index (κ2) is 8.63. The maximum absolute atomic E-state index is 13.1. The normalized spacial score (nSPS) is 10.8. The molecule has 6 heteroatoms. The number of nitrogens with zero attached hydrogens (tertiary/aromatic N) is 1.